The van der Waals surface area contributed by atoms with E-state index in [4.69, 9.17) is 5.11 Å². The van der Waals surface area contributed by atoms with Crippen LogP contribution in [-0.4, -0.2) is 16.2 Å². The number of hydrogen-bond donors (Lipinski definition) is 2. The quantitative estimate of drug-likeness (QED) is 0.344. The summed E-state index contributed by atoms with van der Waals surface area (Å²) in [6, 6.07) is 22.9. The van der Waals surface area contributed by atoms with E-state index in [1.165, 1.54) is 46.7 Å². The number of aromatic hydroxyl groups is 1. The van der Waals surface area contributed by atoms with E-state index in [1.54, 1.807) is 23.8 Å². The maximum absolute atomic E-state index is 10.6. The highest BCUT2D eigenvalue weighted by Gasteiger charge is 2.20. The van der Waals surface area contributed by atoms with E-state index in [0.717, 1.165) is 17.2 Å². The van der Waals surface area contributed by atoms with Gasteiger partial charge in [-0.2, -0.15) is 0 Å². The zero-order chi connectivity index (χ0) is 22.1. The van der Waals surface area contributed by atoms with Crippen LogP contribution in [0, 0.1) is 0 Å². The molecule has 0 saturated carbocycles. The lowest BCUT2D eigenvalue weighted by Crippen LogP contribution is -2.06. The van der Waals surface area contributed by atoms with E-state index < -0.39 is 5.97 Å². The van der Waals surface area contributed by atoms with Crippen molar-refractivity contribution >= 4 is 33.1 Å². The molecule has 6 rings (SSSR count). The van der Waals surface area contributed by atoms with Gasteiger partial charge in [-0.15, -0.1) is 0 Å². The summed E-state index contributed by atoms with van der Waals surface area (Å²) in [5.41, 5.74) is 6.14. The van der Waals surface area contributed by atoms with E-state index in [9.17, 15) is 9.90 Å². The summed E-state index contributed by atoms with van der Waals surface area (Å²) in [6.45, 7) is 0. The molecule has 0 spiro atoms. The number of phenols is 1. The first-order valence-electron chi connectivity index (χ1n) is 11.0. The van der Waals surface area contributed by atoms with Gasteiger partial charge in [0.25, 0.3) is 0 Å². The molecular formula is C29H24O3. The average molecular weight is 421 g/mol. The number of hydrogen-bond acceptors (Lipinski definition) is 2. The van der Waals surface area contributed by atoms with Gasteiger partial charge >= 0.3 is 5.97 Å². The van der Waals surface area contributed by atoms with Crippen molar-refractivity contribution in [1.82, 2.24) is 0 Å². The Kier molecular flexibility index (Phi) is 5.24. The standard InChI is InChI=1S/C18H16O.C11H8O2/c19-14-8-5-13-7-9-16-15-4-2-1-3-12(15)6-10-17(16)18(13)11-14;12-11(13)10-6-5-8-3-1-2-4-9(8)7-10/h2,4-5,7-9,11,19H,1,3,6,10H2;1-7H,(H,12,13). The van der Waals surface area contributed by atoms with Crippen LogP contribution in [-0.2, 0) is 6.42 Å². The smallest absolute Gasteiger partial charge is 0.335 e. The molecule has 32 heavy (non-hydrogen) atoms. The molecule has 4 aromatic rings. The van der Waals surface area contributed by atoms with Crippen molar-refractivity contribution in [3.63, 3.8) is 0 Å². The van der Waals surface area contributed by atoms with Gasteiger partial charge in [-0.25, -0.2) is 4.79 Å². The normalized spacial score (nSPS) is 14.5. The first kappa shape index (κ1) is 20.1. The number of fused-ring (bicyclic) bond motifs is 5. The van der Waals surface area contributed by atoms with Crippen LogP contribution >= 0.6 is 0 Å². The Hall–Kier alpha value is -3.85. The summed E-state index contributed by atoms with van der Waals surface area (Å²) in [7, 11) is 0. The van der Waals surface area contributed by atoms with Crippen LogP contribution in [0.5, 0.6) is 5.75 Å². The number of phenolic OH excluding ortho intramolecular Hbond substituents is 1. The Morgan fingerprint density at radius 3 is 2.41 bits per heavy atom. The third-order valence-electron chi connectivity index (χ3n) is 6.36. The third kappa shape index (κ3) is 3.78. The van der Waals surface area contributed by atoms with E-state index in [0.29, 0.717) is 11.3 Å². The highest BCUT2D eigenvalue weighted by molar-refractivity contribution is 5.95. The third-order valence-corrected chi connectivity index (χ3v) is 6.36. The zero-order valence-corrected chi connectivity index (χ0v) is 17.7. The molecule has 2 N–H and O–H groups in total. The van der Waals surface area contributed by atoms with Crippen LogP contribution in [0.15, 0.2) is 90.5 Å². The van der Waals surface area contributed by atoms with Crippen molar-refractivity contribution in [3.05, 3.63) is 107 Å². The fourth-order valence-electron chi connectivity index (χ4n) is 4.74. The predicted octanol–water partition coefficient (Wildman–Crippen LogP) is 7.13. The van der Waals surface area contributed by atoms with Crippen LogP contribution in [0.25, 0.3) is 27.1 Å². The number of aromatic carboxylic acids is 1. The van der Waals surface area contributed by atoms with E-state index in [1.807, 2.05) is 42.5 Å². The van der Waals surface area contributed by atoms with Crippen LogP contribution in [0.2, 0.25) is 0 Å². The molecule has 0 heterocycles. The largest absolute Gasteiger partial charge is 0.508 e. The monoisotopic (exact) mass is 420 g/mol. The molecule has 0 unspecified atom stereocenters. The van der Waals surface area contributed by atoms with Crippen LogP contribution in [0.4, 0.5) is 0 Å². The van der Waals surface area contributed by atoms with Crippen molar-refractivity contribution in [2.75, 3.05) is 0 Å². The lowest BCUT2D eigenvalue weighted by atomic mass is 9.79. The van der Waals surface area contributed by atoms with Gasteiger partial charge in [-0.05, 0) is 88.2 Å². The molecular weight excluding hydrogens is 396 g/mol. The molecule has 0 aliphatic heterocycles. The van der Waals surface area contributed by atoms with Crippen molar-refractivity contribution in [2.24, 2.45) is 0 Å². The second kappa shape index (κ2) is 8.35. The fraction of sp³-hybridized carbons (Fsp3) is 0.138. The Morgan fingerprint density at radius 2 is 1.56 bits per heavy atom. The molecule has 0 aromatic heterocycles. The Morgan fingerprint density at radius 1 is 0.781 bits per heavy atom. The van der Waals surface area contributed by atoms with Gasteiger partial charge in [0.05, 0.1) is 5.56 Å². The minimum absolute atomic E-state index is 0.332. The first-order chi connectivity index (χ1) is 15.6. The lowest BCUT2D eigenvalue weighted by Gasteiger charge is -2.25. The molecule has 2 aliphatic rings. The molecule has 0 radical (unpaired) electrons. The number of carboxylic acid groups (broad SMARTS) is 1. The van der Waals surface area contributed by atoms with Gasteiger partial charge in [-0.1, -0.05) is 66.3 Å². The highest BCUT2D eigenvalue weighted by Crippen LogP contribution is 2.40. The first-order valence-corrected chi connectivity index (χ1v) is 11.0. The molecule has 0 fully saturated rings. The second-order valence-electron chi connectivity index (χ2n) is 8.32. The van der Waals surface area contributed by atoms with E-state index in [2.05, 4.69) is 24.3 Å². The van der Waals surface area contributed by atoms with Crippen LogP contribution < -0.4 is 0 Å². The van der Waals surface area contributed by atoms with Crippen LogP contribution in [0.3, 0.4) is 0 Å². The van der Waals surface area contributed by atoms with Crippen molar-refractivity contribution < 1.29 is 15.0 Å². The number of aryl methyl sites for hydroxylation is 1. The van der Waals surface area contributed by atoms with Gasteiger partial charge in [0.15, 0.2) is 0 Å². The van der Waals surface area contributed by atoms with E-state index >= 15 is 0 Å². The average Bonchev–Trinajstić information content (AvgIpc) is 2.83. The van der Waals surface area contributed by atoms with Crippen molar-refractivity contribution in [2.45, 2.75) is 25.7 Å². The molecule has 3 nitrogen and oxygen atoms in total. The molecule has 0 atom stereocenters. The van der Waals surface area contributed by atoms with Crippen molar-refractivity contribution in [1.29, 1.82) is 0 Å². The summed E-state index contributed by atoms with van der Waals surface area (Å²) in [6.07, 6.45) is 9.22. The lowest BCUT2D eigenvalue weighted by molar-refractivity contribution is 0.0697. The van der Waals surface area contributed by atoms with Crippen LogP contribution in [0.1, 0.15) is 40.7 Å². The Labute approximate surface area is 187 Å². The fourth-order valence-corrected chi connectivity index (χ4v) is 4.74. The number of rotatable bonds is 1. The SMILES string of the molecule is O=C(O)c1ccc2ccccc2c1.Oc1ccc2ccc3c(c2c1)CCC1=C3C=CCC1. The molecule has 0 saturated heterocycles. The zero-order valence-electron chi connectivity index (χ0n) is 17.7. The number of carbonyl (C=O) groups is 1. The molecule has 2 aliphatic carbocycles. The molecule has 3 heteroatoms. The molecule has 0 bridgehead atoms. The second-order valence-corrected chi connectivity index (χ2v) is 8.32. The summed E-state index contributed by atoms with van der Waals surface area (Å²) < 4.78 is 0. The number of carboxylic acids is 1. The topological polar surface area (TPSA) is 57.5 Å². The summed E-state index contributed by atoms with van der Waals surface area (Å²) in [5, 5.41) is 22.9. The van der Waals surface area contributed by atoms with Gasteiger partial charge in [0.1, 0.15) is 5.75 Å². The minimum Gasteiger partial charge on any atom is -0.508 e. The van der Waals surface area contributed by atoms with Gasteiger partial charge in [0.2, 0.25) is 0 Å². The summed E-state index contributed by atoms with van der Waals surface area (Å²) in [5.74, 6) is -0.523. The maximum Gasteiger partial charge on any atom is 0.335 e. The molecule has 158 valence electrons. The highest BCUT2D eigenvalue weighted by atomic mass is 16.4. The van der Waals surface area contributed by atoms with Crippen molar-refractivity contribution in [3.8, 4) is 5.75 Å². The number of allylic oxidation sites excluding steroid dienone is 4. The molecule has 0 amide bonds. The van der Waals surface area contributed by atoms with Gasteiger partial charge in [0, 0.05) is 0 Å². The van der Waals surface area contributed by atoms with Gasteiger partial charge in [-0.3, -0.25) is 0 Å². The maximum atomic E-state index is 10.6. The van der Waals surface area contributed by atoms with Gasteiger partial charge < -0.3 is 10.2 Å². The predicted molar refractivity (Wildman–Crippen MR) is 130 cm³/mol. The Balaban J connectivity index is 0.000000146. The summed E-state index contributed by atoms with van der Waals surface area (Å²) in [4.78, 5) is 10.6. The molecule has 4 aromatic carbocycles. The minimum atomic E-state index is -0.884. The van der Waals surface area contributed by atoms with E-state index in [-0.39, 0.29) is 0 Å². The number of benzene rings is 4. The Bertz CT molecular complexity index is 1410. The summed E-state index contributed by atoms with van der Waals surface area (Å²) >= 11 is 0.